The molecule has 0 spiro atoms. The number of pyridine rings is 2. The highest BCUT2D eigenvalue weighted by atomic mass is 35.5. The molecule has 1 amide bonds. The third kappa shape index (κ3) is 6.55. The second-order valence-corrected chi connectivity index (χ2v) is 10.2. The average molecular weight is 529 g/mol. The van der Waals surface area contributed by atoms with Crippen LogP contribution in [0.2, 0.25) is 5.02 Å². The number of methoxy groups -OCH3 is 1. The number of halogens is 2. The number of aryl methyl sites for hydroxylation is 1. The Morgan fingerprint density at radius 2 is 2.05 bits per heavy atom. The van der Waals surface area contributed by atoms with Crippen molar-refractivity contribution in [3.05, 3.63) is 65.1 Å². The van der Waals surface area contributed by atoms with Gasteiger partial charge in [0, 0.05) is 29.0 Å². The molecule has 0 radical (unpaired) electrons. The number of hydrogen-bond donors (Lipinski definition) is 2. The van der Waals surface area contributed by atoms with Gasteiger partial charge >= 0.3 is 0 Å². The number of hydrogen-bond acceptors (Lipinski definition) is 6. The molecule has 2 aromatic heterocycles. The molecular weight excluding hydrogens is 495 g/mol. The highest BCUT2D eigenvalue weighted by Gasteiger charge is 2.41. The Kier molecular flexibility index (Phi) is 9.29. The summed E-state index contributed by atoms with van der Waals surface area (Å²) < 4.78 is 21.0. The summed E-state index contributed by atoms with van der Waals surface area (Å²) >= 11 is 6.39. The van der Waals surface area contributed by atoms with E-state index < -0.39 is 17.5 Å². The summed E-state index contributed by atoms with van der Waals surface area (Å²) in [5, 5.41) is 10.3. The van der Waals surface area contributed by atoms with Gasteiger partial charge in [-0.25, -0.2) is 9.87 Å². The maximum atomic E-state index is 15.7. The van der Waals surface area contributed by atoms with Crippen LogP contribution in [0.3, 0.4) is 0 Å². The molecule has 1 fully saturated rings. The molecule has 7 nitrogen and oxygen atoms in total. The number of amides is 1. The van der Waals surface area contributed by atoms with Gasteiger partial charge in [-0.05, 0) is 94.9 Å². The fraction of sp³-hybridized carbons (Fsp3) is 0.464. The molecule has 4 rings (SSSR count). The Balaban J connectivity index is 1.36. The van der Waals surface area contributed by atoms with Crippen molar-refractivity contribution in [3.63, 3.8) is 0 Å². The van der Waals surface area contributed by atoms with Crippen LogP contribution in [0.15, 0.2) is 48.8 Å². The molecule has 198 valence electrons. The maximum absolute atomic E-state index is 15.7. The number of fused-ring (bicyclic) bond motifs is 1. The molecule has 1 atom stereocenters. The fourth-order valence-electron chi connectivity index (χ4n) is 5.26. The van der Waals surface area contributed by atoms with Gasteiger partial charge in [0.05, 0.1) is 23.1 Å². The summed E-state index contributed by atoms with van der Waals surface area (Å²) in [6, 6.07) is 11.2. The molecule has 9 heteroatoms. The lowest BCUT2D eigenvalue weighted by molar-refractivity contribution is -0.143. The highest BCUT2D eigenvalue weighted by Crippen LogP contribution is 2.42. The first-order chi connectivity index (χ1) is 18.0. The molecule has 37 heavy (non-hydrogen) atoms. The third-order valence-corrected chi connectivity index (χ3v) is 7.84. The van der Waals surface area contributed by atoms with Crippen molar-refractivity contribution in [3.8, 4) is 5.75 Å². The highest BCUT2D eigenvalue weighted by molar-refractivity contribution is 6.32. The zero-order chi connectivity index (χ0) is 26.3. The van der Waals surface area contributed by atoms with E-state index in [-0.39, 0.29) is 11.4 Å². The number of nitrogens with one attached hydrogen (secondary N) is 1. The first-order valence-corrected chi connectivity index (χ1v) is 13.2. The molecule has 1 saturated heterocycles. The van der Waals surface area contributed by atoms with Crippen LogP contribution in [0.4, 0.5) is 4.39 Å². The second kappa shape index (κ2) is 12.6. The van der Waals surface area contributed by atoms with E-state index in [1.807, 2.05) is 29.9 Å². The van der Waals surface area contributed by atoms with Crippen molar-refractivity contribution in [2.75, 3.05) is 26.7 Å². The fourth-order valence-corrected chi connectivity index (χ4v) is 5.53. The molecule has 1 aliphatic rings. The van der Waals surface area contributed by atoms with Gasteiger partial charge in [-0.1, -0.05) is 17.7 Å². The Hall–Kier alpha value is -2.81. The van der Waals surface area contributed by atoms with Gasteiger partial charge in [0.25, 0.3) is 0 Å². The van der Waals surface area contributed by atoms with Gasteiger partial charge < -0.3 is 9.64 Å². The number of hydroxylamine groups is 1. The monoisotopic (exact) mass is 528 g/mol. The summed E-state index contributed by atoms with van der Waals surface area (Å²) in [6.45, 7) is 2.39. The third-order valence-electron chi connectivity index (χ3n) is 7.54. The number of likely N-dealkylation sites (tertiary alicyclic amines) is 1. The lowest BCUT2D eigenvalue weighted by atomic mass is 9.73. The van der Waals surface area contributed by atoms with Crippen molar-refractivity contribution in [1.82, 2.24) is 20.3 Å². The average Bonchev–Trinajstić information content (AvgIpc) is 2.94. The van der Waals surface area contributed by atoms with Crippen LogP contribution in [-0.2, 0) is 11.2 Å². The molecule has 0 unspecified atom stereocenters. The number of ether oxygens (including phenoxy) is 1. The quantitative estimate of drug-likeness (QED) is 0.189. The minimum absolute atomic E-state index is 0.105. The Morgan fingerprint density at radius 1 is 1.24 bits per heavy atom. The van der Waals surface area contributed by atoms with Gasteiger partial charge in [-0.15, -0.1) is 0 Å². The van der Waals surface area contributed by atoms with E-state index in [0.29, 0.717) is 41.5 Å². The molecule has 0 aliphatic carbocycles. The van der Waals surface area contributed by atoms with E-state index in [9.17, 15) is 10.0 Å². The molecule has 1 aliphatic heterocycles. The van der Waals surface area contributed by atoms with Gasteiger partial charge in [0.1, 0.15) is 11.9 Å². The van der Waals surface area contributed by atoms with Crippen LogP contribution in [0.5, 0.6) is 5.75 Å². The number of unbranched alkanes of at least 4 members (excludes halogenated alkanes) is 1. The molecule has 0 saturated carbocycles. The predicted octanol–water partition coefficient (Wildman–Crippen LogP) is 5.69. The van der Waals surface area contributed by atoms with E-state index in [2.05, 4.69) is 14.9 Å². The number of rotatable bonds is 11. The second-order valence-electron chi connectivity index (χ2n) is 9.75. The summed E-state index contributed by atoms with van der Waals surface area (Å²) in [7, 11) is 1.55. The zero-order valence-electron chi connectivity index (χ0n) is 21.1. The SMILES string of the molecule is COc1ccc2ncc(Cl)c([C@H](F)CCC3(C(=O)NO)CCN(CCCCc4ccccn4)CC3)c2c1. The van der Waals surface area contributed by atoms with Crippen molar-refractivity contribution < 1.29 is 19.1 Å². The number of benzene rings is 1. The summed E-state index contributed by atoms with van der Waals surface area (Å²) in [6.07, 6.45) is 6.45. The summed E-state index contributed by atoms with van der Waals surface area (Å²) in [4.78, 5) is 23.8. The number of nitrogens with zero attached hydrogens (tertiary/aromatic N) is 3. The van der Waals surface area contributed by atoms with Gasteiger partial charge in [-0.3, -0.25) is 20.0 Å². The maximum Gasteiger partial charge on any atom is 0.249 e. The topological polar surface area (TPSA) is 87.6 Å². The molecule has 0 bridgehead atoms. The van der Waals surface area contributed by atoms with Crippen molar-refractivity contribution >= 4 is 28.4 Å². The number of alkyl halides is 1. The number of piperidine rings is 1. The number of carbonyl (C=O) groups excluding carboxylic acids is 1. The summed E-state index contributed by atoms with van der Waals surface area (Å²) in [5.74, 6) is 0.149. The molecule has 3 heterocycles. The predicted molar refractivity (Wildman–Crippen MR) is 142 cm³/mol. The number of aromatic nitrogens is 2. The van der Waals surface area contributed by atoms with E-state index in [4.69, 9.17) is 16.3 Å². The smallest absolute Gasteiger partial charge is 0.249 e. The largest absolute Gasteiger partial charge is 0.497 e. The van der Waals surface area contributed by atoms with E-state index in [1.165, 1.54) is 6.20 Å². The Morgan fingerprint density at radius 3 is 2.76 bits per heavy atom. The standard InChI is InChI=1S/C28H34ClFN4O3/c1-37-21-8-9-25-22(18-21)26(23(29)19-32-25)24(30)10-11-28(27(35)33-36)12-16-34(17-13-28)15-5-3-7-20-6-2-4-14-31-20/h2,4,6,8-9,14,18-19,24,36H,3,5,7,10-13,15-17H2,1H3,(H,33,35)/t24-/m1/s1. The van der Waals surface area contributed by atoms with Gasteiger partial charge in [0.2, 0.25) is 5.91 Å². The zero-order valence-corrected chi connectivity index (χ0v) is 21.9. The van der Waals surface area contributed by atoms with Gasteiger partial charge in [0.15, 0.2) is 0 Å². The number of carbonyl (C=O) groups is 1. The normalized spacial score (nSPS) is 16.4. The first-order valence-electron chi connectivity index (χ1n) is 12.8. The molecular formula is C28H34ClFN4O3. The van der Waals surface area contributed by atoms with E-state index in [0.717, 1.165) is 44.6 Å². The Bertz CT molecular complexity index is 1190. The van der Waals surface area contributed by atoms with Crippen LogP contribution in [0.25, 0.3) is 10.9 Å². The van der Waals surface area contributed by atoms with Crippen molar-refractivity contribution in [2.45, 2.75) is 51.1 Å². The van der Waals surface area contributed by atoms with Crippen molar-refractivity contribution in [1.29, 1.82) is 0 Å². The van der Waals surface area contributed by atoms with Gasteiger partial charge in [-0.2, -0.15) is 0 Å². The van der Waals surface area contributed by atoms with Crippen LogP contribution < -0.4 is 10.2 Å². The molecule has 1 aromatic carbocycles. The minimum atomic E-state index is -1.39. The molecule has 2 N–H and O–H groups in total. The Labute approximate surface area is 222 Å². The van der Waals surface area contributed by atoms with E-state index in [1.54, 1.807) is 25.3 Å². The summed E-state index contributed by atoms with van der Waals surface area (Å²) in [5.41, 5.74) is 3.10. The lowest BCUT2D eigenvalue weighted by Crippen LogP contribution is -2.48. The van der Waals surface area contributed by atoms with Crippen LogP contribution in [0, 0.1) is 5.41 Å². The van der Waals surface area contributed by atoms with Crippen molar-refractivity contribution in [2.24, 2.45) is 5.41 Å². The lowest BCUT2D eigenvalue weighted by Gasteiger charge is -2.40. The van der Waals surface area contributed by atoms with Crippen LogP contribution in [-0.4, -0.2) is 52.7 Å². The van der Waals surface area contributed by atoms with Crippen LogP contribution >= 0.6 is 11.6 Å². The molecule has 3 aromatic rings. The first kappa shape index (κ1) is 27.2. The minimum Gasteiger partial charge on any atom is -0.497 e. The van der Waals surface area contributed by atoms with E-state index >= 15 is 4.39 Å². The van der Waals surface area contributed by atoms with Crippen LogP contribution in [0.1, 0.15) is 56.0 Å².